The van der Waals surface area contributed by atoms with Crippen molar-refractivity contribution in [3.63, 3.8) is 0 Å². The maximum atomic E-state index is 11.6. The van der Waals surface area contributed by atoms with Crippen LogP contribution in [0.25, 0.3) is 0 Å². The second-order valence-corrected chi connectivity index (χ2v) is 10.3. The van der Waals surface area contributed by atoms with Crippen molar-refractivity contribution in [3.05, 3.63) is 35.9 Å². The highest BCUT2D eigenvalue weighted by atomic mass is 16.6. The summed E-state index contributed by atoms with van der Waals surface area (Å²) < 4.78 is 32.7. The molecule has 8 heteroatoms. The highest BCUT2D eigenvalue weighted by Gasteiger charge is 2.02. The van der Waals surface area contributed by atoms with Gasteiger partial charge in [0.1, 0.15) is 6.61 Å². The Morgan fingerprint density at radius 1 is 0.537 bits per heavy atom. The lowest BCUT2D eigenvalue weighted by molar-refractivity contribution is -0.0110. The van der Waals surface area contributed by atoms with Crippen LogP contribution in [0.3, 0.4) is 0 Å². The maximum Gasteiger partial charge on any atom is 0.407 e. The largest absolute Gasteiger partial charge is 0.445 e. The zero-order chi connectivity index (χ0) is 29.3. The van der Waals surface area contributed by atoms with Crippen molar-refractivity contribution in [1.82, 2.24) is 5.32 Å². The second kappa shape index (κ2) is 31.2. The van der Waals surface area contributed by atoms with E-state index in [0.717, 1.165) is 18.6 Å². The van der Waals surface area contributed by atoms with Gasteiger partial charge >= 0.3 is 6.09 Å². The summed E-state index contributed by atoms with van der Waals surface area (Å²) in [6.45, 7) is 8.49. The summed E-state index contributed by atoms with van der Waals surface area (Å²) >= 11 is 0. The lowest BCUT2D eigenvalue weighted by Gasteiger charge is -2.09. The fourth-order valence-corrected chi connectivity index (χ4v) is 4.20. The molecule has 238 valence electrons. The molecule has 1 rings (SSSR count). The molecule has 0 bridgehead atoms. The highest BCUT2D eigenvalue weighted by molar-refractivity contribution is 5.67. The molecule has 0 spiro atoms. The molecule has 0 aliphatic rings. The fraction of sp³-hybridized carbons (Fsp3) is 0.788. The molecular weight excluding hydrogens is 522 g/mol. The molecule has 8 nitrogen and oxygen atoms in total. The van der Waals surface area contributed by atoms with E-state index < -0.39 is 6.09 Å². The molecule has 1 amide bonds. The van der Waals surface area contributed by atoms with Gasteiger partial charge in [-0.15, -0.1) is 0 Å². The Kier molecular flexibility index (Phi) is 28.4. The fourth-order valence-electron chi connectivity index (χ4n) is 4.20. The molecule has 0 heterocycles. The first-order valence-corrected chi connectivity index (χ1v) is 16.2. The number of nitrogens with one attached hydrogen (secondary N) is 1. The van der Waals surface area contributed by atoms with Gasteiger partial charge in [-0.2, -0.15) is 0 Å². The number of hydrogen-bond donors (Lipinski definition) is 1. The van der Waals surface area contributed by atoms with Gasteiger partial charge in [0.15, 0.2) is 0 Å². The first kappa shape index (κ1) is 37.3. The Morgan fingerprint density at radius 2 is 0.951 bits per heavy atom. The molecule has 0 aliphatic heterocycles. The Morgan fingerprint density at radius 3 is 1.44 bits per heavy atom. The molecule has 0 fully saturated rings. The van der Waals surface area contributed by atoms with Gasteiger partial charge in [0.25, 0.3) is 0 Å². The number of hydrogen-bond acceptors (Lipinski definition) is 7. The van der Waals surface area contributed by atoms with Crippen LogP contribution in [0.5, 0.6) is 0 Å². The van der Waals surface area contributed by atoms with Crippen molar-refractivity contribution in [2.45, 2.75) is 97.0 Å². The topological polar surface area (TPSA) is 84.5 Å². The van der Waals surface area contributed by atoms with E-state index >= 15 is 0 Å². The summed E-state index contributed by atoms with van der Waals surface area (Å²) in [6, 6.07) is 9.56. The van der Waals surface area contributed by atoms with Crippen LogP contribution in [0.2, 0.25) is 0 Å². The summed E-state index contributed by atoms with van der Waals surface area (Å²) in [6.07, 6.45) is 17.3. The average Bonchev–Trinajstić information content (AvgIpc) is 2.99. The minimum Gasteiger partial charge on any atom is -0.445 e. The summed E-state index contributed by atoms with van der Waals surface area (Å²) in [5, 5.41) is 2.66. The number of benzene rings is 1. The van der Waals surface area contributed by atoms with E-state index in [1.165, 1.54) is 77.0 Å². The van der Waals surface area contributed by atoms with Gasteiger partial charge < -0.3 is 33.7 Å². The van der Waals surface area contributed by atoms with Gasteiger partial charge in [0, 0.05) is 13.2 Å². The van der Waals surface area contributed by atoms with Gasteiger partial charge in [-0.05, 0) is 12.0 Å². The van der Waals surface area contributed by atoms with Crippen LogP contribution in [-0.2, 0) is 35.0 Å². The molecule has 1 aromatic carbocycles. The molecule has 0 aliphatic carbocycles. The lowest BCUT2D eigenvalue weighted by Crippen LogP contribution is -2.28. The lowest BCUT2D eigenvalue weighted by atomic mass is 10.0. The smallest absolute Gasteiger partial charge is 0.407 e. The van der Waals surface area contributed by atoms with E-state index in [4.69, 9.17) is 28.4 Å². The zero-order valence-corrected chi connectivity index (χ0v) is 25.9. The molecule has 0 unspecified atom stereocenters. The van der Waals surface area contributed by atoms with Gasteiger partial charge in [0.2, 0.25) is 0 Å². The van der Waals surface area contributed by atoms with Crippen LogP contribution < -0.4 is 5.32 Å². The summed E-state index contributed by atoms with van der Waals surface area (Å²) in [5.74, 6) is 0. The number of amides is 1. The van der Waals surface area contributed by atoms with E-state index in [0.29, 0.717) is 66.0 Å². The highest BCUT2D eigenvalue weighted by Crippen LogP contribution is 2.12. The Bertz CT molecular complexity index is 662. The van der Waals surface area contributed by atoms with Crippen LogP contribution in [0.15, 0.2) is 30.3 Å². The van der Waals surface area contributed by atoms with Crippen molar-refractivity contribution < 1.29 is 33.2 Å². The molecule has 0 saturated carbocycles. The van der Waals surface area contributed by atoms with E-state index in [1.54, 1.807) is 0 Å². The Labute approximate surface area is 250 Å². The summed E-state index contributed by atoms with van der Waals surface area (Å²) in [5.41, 5.74) is 0.952. The van der Waals surface area contributed by atoms with Gasteiger partial charge in [0.05, 0.1) is 59.5 Å². The van der Waals surface area contributed by atoms with E-state index in [-0.39, 0.29) is 6.61 Å². The van der Waals surface area contributed by atoms with Gasteiger partial charge in [-0.3, -0.25) is 0 Å². The van der Waals surface area contributed by atoms with Crippen molar-refractivity contribution in [2.75, 3.05) is 72.6 Å². The van der Waals surface area contributed by atoms with Crippen LogP contribution in [0.1, 0.15) is 96.0 Å². The monoisotopic (exact) mass is 581 g/mol. The van der Waals surface area contributed by atoms with Crippen LogP contribution >= 0.6 is 0 Å². The predicted octanol–water partition coefficient (Wildman–Crippen LogP) is 7.09. The minimum atomic E-state index is -0.451. The molecule has 41 heavy (non-hydrogen) atoms. The van der Waals surface area contributed by atoms with Crippen LogP contribution in [0, 0.1) is 0 Å². The third kappa shape index (κ3) is 28.2. The molecule has 0 atom stereocenters. The summed E-state index contributed by atoms with van der Waals surface area (Å²) in [4.78, 5) is 11.6. The molecule has 1 N–H and O–H groups in total. The predicted molar refractivity (Wildman–Crippen MR) is 164 cm³/mol. The number of unbranched alkanes of at least 4 members (excludes halogenated alkanes) is 12. The third-order valence-corrected chi connectivity index (χ3v) is 6.61. The van der Waals surface area contributed by atoms with Crippen molar-refractivity contribution in [3.8, 4) is 0 Å². The van der Waals surface area contributed by atoms with Crippen molar-refractivity contribution in [1.29, 1.82) is 0 Å². The first-order chi connectivity index (χ1) is 20.3. The van der Waals surface area contributed by atoms with Crippen LogP contribution in [0.4, 0.5) is 4.79 Å². The number of alkyl carbamates (subject to hydrolysis) is 1. The van der Waals surface area contributed by atoms with Gasteiger partial charge in [-0.25, -0.2) is 4.79 Å². The maximum absolute atomic E-state index is 11.6. The quantitative estimate of drug-likeness (QED) is 0.0938. The second-order valence-electron chi connectivity index (χ2n) is 10.3. The number of carbonyl (C=O) groups excluding carboxylic acids is 1. The zero-order valence-electron chi connectivity index (χ0n) is 25.9. The minimum absolute atomic E-state index is 0.254. The number of rotatable bonds is 31. The SMILES string of the molecule is CCCCCCCCCCCCCCCOCCOCCOCCOCCOCCNC(=O)OCc1ccccc1. The normalized spacial score (nSPS) is 11.1. The molecule has 1 aromatic rings. The Balaban J connectivity index is 1.65. The van der Waals surface area contributed by atoms with E-state index in [9.17, 15) is 4.79 Å². The van der Waals surface area contributed by atoms with Crippen molar-refractivity contribution >= 4 is 6.09 Å². The Hall–Kier alpha value is -1.71. The van der Waals surface area contributed by atoms with E-state index in [2.05, 4.69) is 12.2 Å². The van der Waals surface area contributed by atoms with E-state index in [1.807, 2.05) is 30.3 Å². The third-order valence-electron chi connectivity index (χ3n) is 6.61. The molecule has 0 radical (unpaired) electrons. The van der Waals surface area contributed by atoms with Crippen molar-refractivity contribution in [2.24, 2.45) is 0 Å². The number of carbonyl (C=O) groups is 1. The standard InChI is InChI=1S/C33H59NO7/c1-2-3-4-5-6-7-8-9-10-11-12-13-17-21-36-23-25-38-27-29-40-30-28-39-26-24-37-22-20-34-33(35)41-31-32-18-15-14-16-19-32/h14-16,18-19H,2-13,17,20-31H2,1H3,(H,34,35). The first-order valence-electron chi connectivity index (χ1n) is 16.2. The average molecular weight is 582 g/mol. The molecular formula is C33H59NO7. The number of ether oxygens (including phenoxy) is 6. The van der Waals surface area contributed by atoms with Gasteiger partial charge in [-0.1, -0.05) is 114 Å². The van der Waals surface area contributed by atoms with Crippen LogP contribution in [-0.4, -0.2) is 78.7 Å². The summed E-state index contributed by atoms with van der Waals surface area (Å²) in [7, 11) is 0. The molecule has 0 saturated heterocycles. The molecule has 0 aromatic heterocycles.